The minimum atomic E-state index is -3.28. The first kappa shape index (κ1) is 20.4. The number of carbonyl (C=O) groups excluding carboxylic acids is 2. The van der Waals surface area contributed by atoms with E-state index < -0.39 is 9.84 Å². The quantitative estimate of drug-likeness (QED) is 0.730. The maximum atomic E-state index is 12.9. The Bertz CT molecular complexity index is 731. The van der Waals surface area contributed by atoms with E-state index in [9.17, 15) is 18.0 Å². The molecule has 0 saturated carbocycles. The Labute approximate surface area is 154 Å². The van der Waals surface area contributed by atoms with E-state index >= 15 is 0 Å². The summed E-state index contributed by atoms with van der Waals surface area (Å²) in [4.78, 5) is 26.5. The van der Waals surface area contributed by atoms with Crippen LogP contribution in [0.2, 0.25) is 0 Å². The van der Waals surface area contributed by atoms with Gasteiger partial charge in [0.25, 0.3) is 5.91 Å². The molecule has 8 heteroatoms. The number of sulfone groups is 1. The summed E-state index contributed by atoms with van der Waals surface area (Å²) in [6.45, 7) is 2.93. The zero-order valence-corrected chi connectivity index (χ0v) is 15.9. The van der Waals surface area contributed by atoms with Gasteiger partial charge in [-0.15, -0.1) is 0 Å². The van der Waals surface area contributed by atoms with E-state index in [1.54, 1.807) is 24.0 Å². The number of nitrogens with two attached hydrogens (primary N) is 1. The number of piperidine rings is 1. The first-order valence-corrected chi connectivity index (χ1v) is 10.6. The molecular weight excluding hydrogens is 354 g/mol. The molecule has 1 aromatic rings. The molecule has 2 amide bonds. The summed E-state index contributed by atoms with van der Waals surface area (Å²) in [7, 11) is -3.28. The van der Waals surface area contributed by atoms with Crippen molar-refractivity contribution in [2.75, 3.05) is 25.4 Å². The Hall–Kier alpha value is -1.93. The van der Waals surface area contributed by atoms with Crippen LogP contribution in [0.15, 0.2) is 29.2 Å². The fourth-order valence-corrected chi connectivity index (χ4v) is 3.95. The van der Waals surface area contributed by atoms with Crippen molar-refractivity contribution in [1.82, 2.24) is 10.2 Å². The summed E-state index contributed by atoms with van der Waals surface area (Å²) in [5, 5.41) is 2.83. The van der Waals surface area contributed by atoms with Crippen molar-refractivity contribution in [3.05, 3.63) is 29.8 Å². The minimum absolute atomic E-state index is 0.0248. The van der Waals surface area contributed by atoms with Crippen LogP contribution in [0.4, 0.5) is 0 Å². The predicted molar refractivity (Wildman–Crippen MR) is 99.5 cm³/mol. The maximum Gasteiger partial charge on any atom is 0.254 e. The molecule has 3 N–H and O–H groups in total. The van der Waals surface area contributed by atoms with Crippen molar-refractivity contribution in [2.24, 2.45) is 5.73 Å². The monoisotopic (exact) mass is 381 g/mol. The highest BCUT2D eigenvalue weighted by Gasteiger charge is 2.28. The number of rotatable bonds is 7. The highest BCUT2D eigenvalue weighted by atomic mass is 32.2. The minimum Gasteiger partial charge on any atom is -0.354 e. The Morgan fingerprint density at radius 3 is 2.54 bits per heavy atom. The van der Waals surface area contributed by atoms with E-state index in [1.165, 1.54) is 12.1 Å². The van der Waals surface area contributed by atoms with Gasteiger partial charge in [0, 0.05) is 37.7 Å². The standard InChI is InChI=1S/C18H27N3O4S/c1-2-26(24,25)16-8-6-14(7-9-16)18(23)21-12-4-3-5-15(21)13-20-17(22)10-11-19/h6-9,15H,2-5,10-13,19H2,1H3,(H,20,22). The summed E-state index contributed by atoms with van der Waals surface area (Å²) in [6, 6.07) is 6.02. The zero-order chi connectivity index (χ0) is 19.2. The Balaban J connectivity index is 2.09. The zero-order valence-electron chi connectivity index (χ0n) is 15.1. The lowest BCUT2D eigenvalue weighted by Gasteiger charge is -2.36. The van der Waals surface area contributed by atoms with Gasteiger partial charge >= 0.3 is 0 Å². The van der Waals surface area contributed by atoms with Crippen molar-refractivity contribution in [3.63, 3.8) is 0 Å². The maximum absolute atomic E-state index is 12.9. The average Bonchev–Trinajstić information content (AvgIpc) is 2.66. The molecule has 1 heterocycles. The van der Waals surface area contributed by atoms with Crippen LogP contribution >= 0.6 is 0 Å². The fraction of sp³-hybridized carbons (Fsp3) is 0.556. The van der Waals surface area contributed by atoms with Crippen molar-refractivity contribution < 1.29 is 18.0 Å². The molecule has 1 aliphatic heterocycles. The lowest BCUT2D eigenvalue weighted by Crippen LogP contribution is -2.49. The van der Waals surface area contributed by atoms with Gasteiger partial charge in [0.05, 0.1) is 10.6 Å². The number of benzene rings is 1. The third-order valence-electron chi connectivity index (χ3n) is 4.63. The second-order valence-electron chi connectivity index (χ2n) is 6.42. The first-order valence-electron chi connectivity index (χ1n) is 8.99. The number of nitrogens with one attached hydrogen (secondary N) is 1. The summed E-state index contributed by atoms with van der Waals surface area (Å²) in [5.41, 5.74) is 5.83. The van der Waals surface area contributed by atoms with E-state index in [0.717, 1.165) is 19.3 Å². The van der Waals surface area contributed by atoms with Gasteiger partial charge in [-0.05, 0) is 43.5 Å². The third kappa shape index (κ3) is 5.04. The Morgan fingerprint density at radius 1 is 1.23 bits per heavy atom. The molecule has 0 aliphatic carbocycles. The molecule has 1 aliphatic rings. The van der Waals surface area contributed by atoms with Crippen molar-refractivity contribution in [3.8, 4) is 0 Å². The molecule has 1 aromatic carbocycles. The molecule has 0 bridgehead atoms. The van der Waals surface area contributed by atoms with E-state index in [1.807, 2.05) is 0 Å². The van der Waals surface area contributed by atoms with Gasteiger partial charge in [-0.3, -0.25) is 9.59 Å². The fourth-order valence-electron chi connectivity index (χ4n) is 3.07. The molecule has 26 heavy (non-hydrogen) atoms. The van der Waals surface area contributed by atoms with Crippen LogP contribution in [-0.2, 0) is 14.6 Å². The molecule has 0 radical (unpaired) electrons. The van der Waals surface area contributed by atoms with Crippen LogP contribution < -0.4 is 11.1 Å². The van der Waals surface area contributed by atoms with Crippen LogP contribution in [0, 0.1) is 0 Å². The van der Waals surface area contributed by atoms with Gasteiger partial charge in [-0.2, -0.15) is 0 Å². The highest BCUT2D eigenvalue weighted by molar-refractivity contribution is 7.91. The number of hydrogen-bond donors (Lipinski definition) is 2. The van der Waals surface area contributed by atoms with E-state index in [0.29, 0.717) is 25.2 Å². The van der Waals surface area contributed by atoms with Crippen molar-refractivity contribution >= 4 is 21.7 Å². The molecule has 7 nitrogen and oxygen atoms in total. The van der Waals surface area contributed by atoms with E-state index in [-0.39, 0.29) is 34.9 Å². The molecule has 1 fully saturated rings. The molecular formula is C18H27N3O4S. The molecule has 144 valence electrons. The van der Waals surface area contributed by atoms with Crippen LogP contribution in [0.5, 0.6) is 0 Å². The lowest BCUT2D eigenvalue weighted by molar-refractivity contribution is -0.121. The Kier molecular flexibility index (Phi) is 7.16. The normalized spacial score (nSPS) is 17.8. The second-order valence-corrected chi connectivity index (χ2v) is 8.70. The van der Waals surface area contributed by atoms with Gasteiger partial charge in [-0.1, -0.05) is 6.92 Å². The first-order chi connectivity index (χ1) is 12.4. The van der Waals surface area contributed by atoms with Crippen LogP contribution in [-0.4, -0.2) is 56.6 Å². The summed E-state index contributed by atoms with van der Waals surface area (Å²) >= 11 is 0. The Morgan fingerprint density at radius 2 is 1.92 bits per heavy atom. The molecule has 0 spiro atoms. The van der Waals surface area contributed by atoms with Crippen molar-refractivity contribution in [1.29, 1.82) is 0 Å². The molecule has 1 atom stereocenters. The summed E-state index contributed by atoms with van der Waals surface area (Å²) in [5.74, 6) is -0.223. The summed E-state index contributed by atoms with van der Waals surface area (Å²) in [6.07, 6.45) is 3.03. The third-order valence-corrected chi connectivity index (χ3v) is 6.39. The molecule has 2 rings (SSSR count). The van der Waals surface area contributed by atoms with Gasteiger partial charge in [0.15, 0.2) is 9.84 Å². The van der Waals surface area contributed by atoms with Gasteiger partial charge in [-0.25, -0.2) is 8.42 Å². The number of nitrogens with zero attached hydrogens (tertiary/aromatic N) is 1. The van der Waals surface area contributed by atoms with Crippen LogP contribution in [0.3, 0.4) is 0 Å². The molecule has 0 aromatic heterocycles. The topological polar surface area (TPSA) is 110 Å². The van der Waals surface area contributed by atoms with Crippen LogP contribution in [0.25, 0.3) is 0 Å². The summed E-state index contributed by atoms with van der Waals surface area (Å²) < 4.78 is 23.8. The smallest absolute Gasteiger partial charge is 0.254 e. The van der Waals surface area contributed by atoms with Gasteiger partial charge in [0.1, 0.15) is 0 Å². The second kappa shape index (κ2) is 9.14. The number of hydrogen-bond acceptors (Lipinski definition) is 5. The highest BCUT2D eigenvalue weighted by Crippen LogP contribution is 2.20. The molecule has 1 saturated heterocycles. The molecule has 1 unspecified atom stereocenters. The van der Waals surface area contributed by atoms with Gasteiger partial charge in [0.2, 0.25) is 5.91 Å². The SMILES string of the molecule is CCS(=O)(=O)c1ccc(C(=O)N2CCCCC2CNC(=O)CCN)cc1. The van der Waals surface area contributed by atoms with E-state index in [4.69, 9.17) is 5.73 Å². The number of carbonyl (C=O) groups is 2. The number of likely N-dealkylation sites (tertiary alicyclic amines) is 1. The van der Waals surface area contributed by atoms with Crippen LogP contribution in [0.1, 0.15) is 43.0 Å². The average molecular weight is 381 g/mol. The largest absolute Gasteiger partial charge is 0.354 e. The lowest BCUT2D eigenvalue weighted by atomic mass is 10.0. The van der Waals surface area contributed by atoms with E-state index in [2.05, 4.69) is 5.32 Å². The number of amides is 2. The van der Waals surface area contributed by atoms with Gasteiger partial charge < -0.3 is 16.0 Å². The predicted octanol–water partition coefficient (Wildman–Crippen LogP) is 0.940. The van der Waals surface area contributed by atoms with Crippen molar-refractivity contribution in [2.45, 2.75) is 43.5 Å².